The molecule has 0 aliphatic rings. The Balaban J connectivity index is 2.02. The second-order valence-corrected chi connectivity index (χ2v) is 4.91. The number of hydrogen-bond acceptors (Lipinski definition) is 2. The Morgan fingerprint density at radius 2 is 1.85 bits per heavy atom. The van der Waals surface area contributed by atoms with Crippen LogP contribution in [-0.2, 0) is 6.61 Å². The molecule has 4 heteroatoms. The monoisotopic (exact) mass is 284 g/mol. The summed E-state index contributed by atoms with van der Waals surface area (Å²) in [6, 6.07) is 15.4. The summed E-state index contributed by atoms with van der Waals surface area (Å²) in [6.07, 6.45) is 3.75. The van der Waals surface area contributed by atoms with Gasteiger partial charge in [0.15, 0.2) is 0 Å². The van der Waals surface area contributed by atoms with Crippen LogP contribution in [0.5, 0.6) is 0 Å². The fourth-order valence-electron chi connectivity index (χ4n) is 2.14. The van der Waals surface area contributed by atoms with Gasteiger partial charge in [0, 0.05) is 22.3 Å². The second kappa shape index (κ2) is 5.49. The van der Waals surface area contributed by atoms with Crippen molar-refractivity contribution in [3.63, 3.8) is 0 Å². The molecule has 0 spiro atoms. The summed E-state index contributed by atoms with van der Waals surface area (Å²) >= 11 is 5.94. The minimum atomic E-state index is -0.0730. The van der Waals surface area contributed by atoms with Crippen LogP contribution in [0.4, 0.5) is 0 Å². The number of benzene rings is 2. The molecule has 0 amide bonds. The van der Waals surface area contributed by atoms with Crippen molar-refractivity contribution in [3.8, 4) is 16.8 Å². The molecule has 0 aliphatic carbocycles. The van der Waals surface area contributed by atoms with E-state index >= 15 is 0 Å². The van der Waals surface area contributed by atoms with Crippen LogP contribution in [0, 0.1) is 0 Å². The molecule has 0 aliphatic heterocycles. The molecular weight excluding hydrogens is 272 g/mol. The van der Waals surface area contributed by atoms with Gasteiger partial charge in [0.2, 0.25) is 0 Å². The van der Waals surface area contributed by atoms with Crippen molar-refractivity contribution in [2.45, 2.75) is 6.61 Å². The van der Waals surface area contributed by atoms with E-state index in [9.17, 15) is 5.11 Å². The quantitative estimate of drug-likeness (QED) is 0.797. The zero-order chi connectivity index (χ0) is 13.9. The van der Waals surface area contributed by atoms with Crippen molar-refractivity contribution in [3.05, 3.63) is 71.5 Å². The highest BCUT2D eigenvalue weighted by Gasteiger charge is 2.07. The van der Waals surface area contributed by atoms with Crippen molar-refractivity contribution >= 4 is 11.6 Å². The highest BCUT2D eigenvalue weighted by atomic mass is 35.5. The van der Waals surface area contributed by atoms with Crippen molar-refractivity contribution in [1.29, 1.82) is 0 Å². The number of rotatable bonds is 3. The Bertz CT molecular complexity index is 722. The van der Waals surface area contributed by atoms with Crippen LogP contribution in [0.1, 0.15) is 5.56 Å². The lowest BCUT2D eigenvalue weighted by Gasteiger charge is -2.07. The first kappa shape index (κ1) is 12.9. The summed E-state index contributed by atoms with van der Waals surface area (Å²) in [5.41, 5.74) is 3.72. The van der Waals surface area contributed by atoms with Gasteiger partial charge in [-0.1, -0.05) is 41.9 Å². The first-order valence-electron chi connectivity index (χ1n) is 6.27. The van der Waals surface area contributed by atoms with Crippen LogP contribution in [0.15, 0.2) is 60.9 Å². The van der Waals surface area contributed by atoms with E-state index in [4.69, 9.17) is 11.6 Å². The van der Waals surface area contributed by atoms with Gasteiger partial charge < -0.3 is 5.11 Å². The molecule has 0 radical (unpaired) electrons. The molecule has 3 rings (SSSR count). The standard InChI is InChI=1S/C16H13ClN2O/c17-15-6-7-16(13(8-15)11-20)19-10-14(9-18-19)12-4-2-1-3-5-12/h1-10,20H,11H2. The predicted octanol–water partition coefficient (Wildman–Crippen LogP) is 3.69. The van der Waals surface area contributed by atoms with Gasteiger partial charge in [0.05, 0.1) is 18.5 Å². The SMILES string of the molecule is OCc1cc(Cl)ccc1-n1cc(-c2ccccc2)cn1. The summed E-state index contributed by atoms with van der Waals surface area (Å²) in [7, 11) is 0. The van der Waals surface area contributed by atoms with Gasteiger partial charge in [-0.2, -0.15) is 5.10 Å². The molecule has 0 saturated carbocycles. The lowest BCUT2D eigenvalue weighted by atomic mass is 10.1. The Morgan fingerprint density at radius 3 is 2.60 bits per heavy atom. The largest absolute Gasteiger partial charge is 0.392 e. The molecule has 1 N–H and O–H groups in total. The molecule has 3 aromatic rings. The van der Waals surface area contributed by atoms with Gasteiger partial charge in [0.25, 0.3) is 0 Å². The molecule has 0 saturated heterocycles. The third-order valence-electron chi connectivity index (χ3n) is 3.15. The average Bonchev–Trinajstić information content (AvgIpc) is 2.97. The maximum absolute atomic E-state index is 9.43. The molecule has 0 atom stereocenters. The van der Waals surface area contributed by atoms with E-state index in [2.05, 4.69) is 5.10 Å². The number of nitrogens with zero attached hydrogens (tertiary/aromatic N) is 2. The topological polar surface area (TPSA) is 38.0 Å². The molecule has 1 aromatic heterocycles. The summed E-state index contributed by atoms with van der Waals surface area (Å²) in [6.45, 7) is -0.0730. The lowest BCUT2D eigenvalue weighted by Crippen LogP contribution is -1.99. The molecular formula is C16H13ClN2O. The number of halogens is 1. The normalized spacial score (nSPS) is 10.7. The van der Waals surface area contributed by atoms with E-state index in [0.29, 0.717) is 5.02 Å². The van der Waals surface area contributed by atoms with Crippen molar-refractivity contribution in [1.82, 2.24) is 9.78 Å². The Hall–Kier alpha value is -2.10. The fourth-order valence-corrected chi connectivity index (χ4v) is 2.33. The molecule has 0 bridgehead atoms. The highest BCUT2D eigenvalue weighted by Crippen LogP contribution is 2.23. The molecule has 0 fully saturated rings. The van der Waals surface area contributed by atoms with Crippen LogP contribution in [-0.4, -0.2) is 14.9 Å². The molecule has 1 heterocycles. The zero-order valence-electron chi connectivity index (χ0n) is 10.7. The highest BCUT2D eigenvalue weighted by molar-refractivity contribution is 6.30. The molecule has 2 aromatic carbocycles. The first-order valence-corrected chi connectivity index (χ1v) is 6.65. The smallest absolute Gasteiger partial charge is 0.0703 e. The second-order valence-electron chi connectivity index (χ2n) is 4.47. The van der Waals surface area contributed by atoms with Crippen molar-refractivity contribution in [2.24, 2.45) is 0 Å². The fraction of sp³-hybridized carbons (Fsp3) is 0.0625. The van der Waals surface area contributed by atoms with E-state index in [-0.39, 0.29) is 6.61 Å². The van der Waals surface area contributed by atoms with E-state index in [1.54, 1.807) is 16.8 Å². The molecule has 3 nitrogen and oxygen atoms in total. The molecule has 100 valence electrons. The number of hydrogen-bond donors (Lipinski definition) is 1. The third-order valence-corrected chi connectivity index (χ3v) is 3.38. The Morgan fingerprint density at radius 1 is 1.05 bits per heavy atom. The number of aliphatic hydroxyl groups excluding tert-OH is 1. The van der Waals surface area contributed by atoms with E-state index in [0.717, 1.165) is 22.4 Å². The summed E-state index contributed by atoms with van der Waals surface area (Å²) in [5.74, 6) is 0. The van der Waals surface area contributed by atoms with Crippen molar-refractivity contribution in [2.75, 3.05) is 0 Å². The predicted molar refractivity (Wildman–Crippen MR) is 79.9 cm³/mol. The van der Waals surface area contributed by atoms with Crippen LogP contribution in [0.3, 0.4) is 0 Å². The Labute approximate surface area is 122 Å². The Kier molecular flexibility index (Phi) is 3.54. The zero-order valence-corrected chi connectivity index (χ0v) is 11.5. The van der Waals surface area contributed by atoms with Gasteiger partial charge in [-0.25, -0.2) is 4.68 Å². The molecule has 0 unspecified atom stereocenters. The maximum atomic E-state index is 9.43. The molecule has 20 heavy (non-hydrogen) atoms. The van der Waals surface area contributed by atoms with Gasteiger partial charge in [-0.3, -0.25) is 0 Å². The van der Waals surface area contributed by atoms with Gasteiger partial charge >= 0.3 is 0 Å². The van der Waals surface area contributed by atoms with Gasteiger partial charge in [0.1, 0.15) is 0 Å². The first-order chi connectivity index (χ1) is 9.78. The van der Waals surface area contributed by atoms with Gasteiger partial charge in [-0.15, -0.1) is 0 Å². The van der Waals surface area contributed by atoms with Crippen LogP contribution >= 0.6 is 11.6 Å². The maximum Gasteiger partial charge on any atom is 0.0703 e. The summed E-state index contributed by atoms with van der Waals surface area (Å²) < 4.78 is 1.75. The van der Waals surface area contributed by atoms with Gasteiger partial charge in [-0.05, 0) is 23.8 Å². The minimum absolute atomic E-state index is 0.0730. The average molecular weight is 285 g/mol. The summed E-state index contributed by atoms with van der Waals surface area (Å²) in [4.78, 5) is 0. The van der Waals surface area contributed by atoms with E-state index in [1.807, 2.05) is 48.8 Å². The van der Waals surface area contributed by atoms with Crippen molar-refractivity contribution < 1.29 is 5.11 Å². The number of aromatic nitrogens is 2. The van der Waals surface area contributed by atoms with E-state index in [1.165, 1.54) is 0 Å². The minimum Gasteiger partial charge on any atom is -0.392 e. The van der Waals surface area contributed by atoms with Crippen LogP contribution in [0.2, 0.25) is 5.02 Å². The van der Waals surface area contributed by atoms with E-state index < -0.39 is 0 Å². The number of aliphatic hydroxyl groups is 1. The third kappa shape index (κ3) is 2.46. The lowest BCUT2D eigenvalue weighted by molar-refractivity contribution is 0.281. The summed E-state index contributed by atoms with van der Waals surface area (Å²) in [5, 5.41) is 14.4. The van der Waals surface area contributed by atoms with Crippen LogP contribution < -0.4 is 0 Å². The van der Waals surface area contributed by atoms with Crippen LogP contribution in [0.25, 0.3) is 16.8 Å².